The Morgan fingerprint density at radius 1 is 1.32 bits per heavy atom. The van der Waals surface area contributed by atoms with Crippen LogP contribution in [0.4, 0.5) is 0 Å². The van der Waals surface area contributed by atoms with Crippen LogP contribution in [0.2, 0.25) is 0 Å². The first-order valence-corrected chi connectivity index (χ1v) is 6.66. The van der Waals surface area contributed by atoms with E-state index in [1.165, 1.54) is 0 Å². The quantitative estimate of drug-likeness (QED) is 0.603. The van der Waals surface area contributed by atoms with E-state index in [-0.39, 0.29) is 23.3 Å². The fourth-order valence-electron chi connectivity index (χ4n) is 3.55. The molecule has 1 aromatic carbocycles. The highest BCUT2D eigenvalue weighted by atomic mass is 16.6. The number of hydrogen-bond acceptors (Lipinski definition) is 3. The van der Waals surface area contributed by atoms with Gasteiger partial charge in [0.1, 0.15) is 6.04 Å². The third-order valence-electron chi connectivity index (χ3n) is 4.44. The van der Waals surface area contributed by atoms with Crippen molar-refractivity contribution < 1.29 is 9.72 Å². The first-order valence-electron chi connectivity index (χ1n) is 6.66. The molecule has 1 aromatic rings. The van der Waals surface area contributed by atoms with Gasteiger partial charge in [0.2, 0.25) is 5.91 Å². The van der Waals surface area contributed by atoms with Crippen LogP contribution in [-0.2, 0) is 10.3 Å². The third kappa shape index (κ3) is 1.64. The summed E-state index contributed by atoms with van der Waals surface area (Å²) in [6, 6.07) is 8.86. The molecule has 2 heterocycles. The molecule has 0 N–H and O–H groups in total. The average molecular weight is 260 g/mol. The maximum Gasteiger partial charge on any atom is 0.267 e. The first-order chi connectivity index (χ1) is 9.16. The topological polar surface area (TPSA) is 63.4 Å². The van der Waals surface area contributed by atoms with Crippen molar-refractivity contribution in [2.75, 3.05) is 6.54 Å². The molecule has 0 saturated carbocycles. The van der Waals surface area contributed by atoms with Crippen molar-refractivity contribution in [1.82, 2.24) is 4.90 Å². The zero-order valence-corrected chi connectivity index (χ0v) is 10.6. The summed E-state index contributed by atoms with van der Waals surface area (Å²) in [5, 5.41) is 11.8. The number of nitrogens with zero attached hydrogens (tertiary/aromatic N) is 2. The second kappa shape index (κ2) is 4.33. The van der Waals surface area contributed by atoms with Crippen LogP contribution in [0.3, 0.4) is 0 Å². The van der Waals surface area contributed by atoms with Crippen LogP contribution < -0.4 is 0 Å². The lowest BCUT2D eigenvalue weighted by atomic mass is 9.76. The minimum Gasteiger partial charge on any atom is -0.332 e. The van der Waals surface area contributed by atoms with E-state index in [0.29, 0.717) is 13.0 Å². The van der Waals surface area contributed by atoms with Gasteiger partial charge in [0.05, 0.1) is 0 Å². The van der Waals surface area contributed by atoms with Gasteiger partial charge in [-0.15, -0.1) is 0 Å². The molecule has 2 atom stereocenters. The number of rotatable bonds is 2. The van der Waals surface area contributed by atoms with Crippen molar-refractivity contribution in [3.8, 4) is 0 Å². The highest BCUT2D eigenvalue weighted by Gasteiger charge is 2.59. The SMILES string of the molecule is O=C1CCC(c2ccccc2)([N+](=O)[O-])C2CCCN12. The van der Waals surface area contributed by atoms with Crippen LogP contribution in [0.25, 0.3) is 0 Å². The Bertz CT molecular complexity index is 517. The van der Waals surface area contributed by atoms with E-state index < -0.39 is 5.54 Å². The van der Waals surface area contributed by atoms with Crippen LogP contribution in [0.1, 0.15) is 31.2 Å². The molecule has 2 unspecified atom stereocenters. The Balaban J connectivity index is 2.11. The zero-order valence-electron chi connectivity index (χ0n) is 10.6. The molecule has 5 nitrogen and oxygen atoms in total. The second-order valence-corrected chi connectivity index (χ2v) is 5.29. The van der Waals surface area contributed by atoms with Gasteiger partial charge >= 0.3 is 0 Å². The van der Waals surface area contributed by atoms with Crippen LogP contribution >= 0.6 is 0 Å². The van der Waals surface area contributed by atoms with Crippen molar-refractivity contribution in [2.45, 2.75) is 37.3 Å². The van der Waals surface area contributed by atoms with E-state index in [4.69, 9.17) is 0 Å². The van der Waals surface area contributed by atoms with E-state index in [2.05, 4.69) is 0 Å². The van der Waals surface area contributed by atoms with Gasteiger partial charge in [0.15, 0.2) is 0 Å². The molecular weight excluding hydrogens is 244 g/mol. The molecular formula is C14H16N2O3. The Labute approximate surface area is 111 Å². The van der Waals surface area contributed by atoms with Gasteiger partial charge < -0.3 is 4.90 Å². The lowest BCUT2D eigenvalue weighted by Gasteiger charge is -2.40. The smallest absolute Gasteiger partial charge is 0.267 e. The van der Waals surface area contributed by atoms with Gasteiger partial charge in [-0.2, -0.15) is 0 Å². The van der Waals surface area contributed by atoms with Crippen LogP contribution in [-0.4, -0.2) is 28.3 Å². The summed E-state index contributed by atoms with van der Waals surface area (Å²) in [6.45, 7) is 0.659. The minimum atomic E-state index is -1.12. The fourth-order valence-corrected chi connectivity index (χ4v) is 3.55. The number of nitro groups is 1. The number of hydrogen-bond donors (Lipinski definition) is 0. The maximum absolute atomic E-state index is 11.9. The largest absolute Gasteiger partial charge is 0.332 e. The van der Waals surface area contributed by atoms with E-state index >= 15 is 0 Å². The molecule has 5 heteroatoms. The molecule has 0 radical (unpaired) electrons. The van der Waals surface area contributed by atoms with Crippen molar-refractivity contribution in [2.24, 2.45) is 0 Å². The van der Waals surface area contributed by atoms with Crippen molar-refractivity contribution in [3.63, 3.8) is 0 Å². The molecule has 1 amide bonds. The summed E-state index contributed by atoms with van der Waals surface area (Å²) in [7, 11) is 0. The summed E-state index contributed by atoms with van der Waals surface area (Å²) in [4.78, 5) is 25.3. The molecule has 100 valence electrons. The molecule has 2 aliphatic heterocycles. The van der Waals surface area contributed by atoms with Crippen molar-refractivity contribution >= 4 is 5.91 Å². The Kier molecular flexibility index (Phi) is 2.77. The molecule has 2 aliphatic rings. The predicted molar refractivity (Wildman–Crippen MR) is 69.1 cm³/mol. The number of benzene rings is 1. The van der Waals surface area contributed by atoms with Gasteiger partial charge in [-0.3, -0.25) is 14.9 Å². The van der Waals surface area contributed by atoms with Crippen LogP contribution in [0.5, 0.6) is 0 Å². The van der Waals surface area contributed by atoms with Gasteiger partial charge in [-0.25, -0.2) is 0 Å². The summed E-state index contributed by atoms with van der Waals surface area (Å²) in [5.41, 5.74) is -0.393. The fraction of sp³-hybridized carbons (Fsp3) is 0.500. The number of carbonyl (C=O) groups is 1. The molecule has 0 aliphatic carbocycles. The molecule has 19 heavy (non-hydrogen) atoms. The normalized spacial score (nSPS) is 30.2. The summed E-state index contributed by atoms with van der Waals surface area (Å²) in [6.07, 6.45) is 2.16. The van der Waals surface area contributed by atoms with Crippen molar-refractivity contribution in [3.05, 3.63) is 46.0 Å². The standard InChI is InChI=1S/C14H16N2O3/c17-13-8-9-14(16(18)19,11-5-2-1-3-6-11)12-7-4-10-15(12)13/h1-3,5-6,12H,4,7-10H2. The number of carbonyl (C=O) groups excluding carboxylic acids is 1. The number of fused-ring (bicyclic) bond motifs is 1. The summed E-state index contributed by atoms with van der Waals surface area (Å²) >= 11 is 0. The van der Waals surface area contributed by atoms with E-state index in [1.807, 2.05) is 30.3 Å². The van der Waals surface area contributed by atoms with Crippen LogP contribution in [0.15, 0.2) is 30.3 Å². The molecule has 2 fully saturated rings. The molecule has 3 rings (SSSR count). The summed E-state index contributed by atoms with van der Waals surface area (Å²) < 4.78 is 0. The molecule has 0 bridgehead atoms. The average Bonchev–Trinajstić information content (AvgIpc) is 2.91. The number of piperidine rings is 1. The van der Waals surface area contributed by atoms with E-state index in [1.54, 1.807) is 4.90 Å². The second-order valence-electron chi connectivity index (χ2n) is 5.29. The Hall–Kier alpha value is -1.91. The van der Waals surface area contributed by atoms with E-state index in [9.17, 15) is 14.9 Å². The highest BCUT2D eigenvalue weighted by molar-refractivity contribution is 5.78. The van der Waals surface area contributed by atoms with Gasteiger partial charge in [0.25, 0.3) is 5.54 Å². The predicted octanol–water partition coefficient (Wildman–Crippen LogP) is 1.94. The Morgan fingerprint density at radius 2 is 2.05 bits per heavy atom. The molecule has 2 saturated heterocycles. The Morgan fingerprint density at radius 3 is 2.74 bits per heavy atom. The van der Waals surface area contributed by atoms with Gasteiger partial charge in [-0.05, 0) is 12.8 Å². The van der Waals surface area contributed by atoms with E-state index in [0.717, 1.165) is 18.4 Å². The highest BCUT2D eigenvalue weighted by Crippen LogP contribution is 2.44. The monoisotopic (exact) mass is 260 g/mol. The first kappa shape index (κ1) is 12.1. The van der Waals surface area contributed by atoms with Crippen LogP contribution in [0, 0.1) is 10.1 Å². The third-order valence-corrected chi connectivity index (χ3v) is 4.44. The lowest BCUT2D eigenvalue weighted by Crippen LogP contribution is -2.57. The van der Waals surface area contributed by atoms with Gasteiger partial charge in [-0.1, -0.05) is 30.3 Å². The molecule has 0 spiro atoms. The number of amides is 1. The summed E-state index contributed by atoms with van der Waals surface area (Å²) in [5.74, 6) is 0.0657. The molecule has 0 aromatic heterocycles. The van der Waals surface area contributed by atoms with Gasteiger partial charge in [0, 0.05) is 29.9 Å². The zero-order chi connectivity index (χ0) is 13.5. The lowest BCUT2D eigenvalue weighted by molar-refractivity contribution is -0.590. The van der Waals surface area contributed by atoms with Crippen molar-refractivity contribution in [1.29, 1.82) is 0 Å². The maximum atomic E-state index is 11.9. The minimum absolute atomic E-state index is 0.0657.